The molecule has 1 aliphatic carbocycles. The third-order valence-corrected chi connectivity index (χ3v) is 10.8. The second-order valence-corrected chi connectivity index (χ2v) is 13.8. The quantitative estimate of drug-likeness (QED) is 0.219. The molecule has 2 N–H and O–H groups in total. The first-order valence-electron chi connectivity index (χ1n) is 16.4. The smallest absolute Gasteiger partial charge is 0.274 e. The van der Waals surface area contributed by atoms with Crippen molar-refractivity contribution in [2.24, 2.45) is 5.10 Å². The van der Waals surface area contributed by atoms with E-state index in [4.69, 9.17) is 0 Å². The maximum atomic E-state index is 13.5. The molecule has 0 atom stereocenters. The molecule has 44 heavy (non-hydrogen) atoms. The van der Waals surface area contributed by atoms with Gasteiger partial charge in [-0.05, 0) is 131 Å². The standard InChI is InChI=1S/C36H45N5O2S/c1-25-13-14-27(21-26(25)2)23-37-39-35(43)33-31-11-4-5-12-32(31)44-36(33)38-34(42)29-10-8-9-28(22-29)24-40-19-15-30(16-20-40)41-17-6-3-7-18-41/h8-10,13-14,21-23,30H,3-7,11-12,15-20,24H2,1-2H3,(H,38,42)(H,39,43). The lowest BCUT2D eigenvalue weighted by molar-refractivity contribution is 0.0896. The van der Waals surface area contributed by atoms with Crippen LogP contribution in [0.3, 0.4) is 0 Å². The molecule has 0 saturated carbocycles. The number of hydrazone groups is 1. The van der Waals surface area contributed by atoms with Gasteiger partial charge in [-0.1, -0.05) is 36.8 Å². The van der Waals surface area contributed by atoms with Crippen molar-refractivity contribution in [2.45, 2.75) is 84.2 Å². The third-order valence-electron chi connectivity index (χ3n) is 9.60. The molecule has 0 spiro atoms. The number of hydrogen-bond acceptors (Lipinski definition) is 6. The summed E-state index contributed by atoms with van der Waals surface area (Å²) in [6, 6.07) is 14.8. The molecular formula is C36H45N5O2S. The van der Waals surface area contributed by atoms with E-state index >= 15 is 0 Å². The minimum absolute atomic E-state index is 0.179. The van der Waals surface area contributed by atoms with Crippen molar-refractivity contribution >= 4 is 34.4 Å². The minimum atomic E-state index is -0.276. The van der Waals surface area contributed by atoms with Crippen molar-refractivity contribution in [3.05, 3.63) is 86.3 Å². The summed E-state index contributed by atoms with van der Waals surface area (Å²) in [5.41, 5.74) is 9.44. The highest BCUT2D eigenvalue weighted by molar-refractivity contribution is 7.17. The first-order chi connectivity index (χ1) is 21.4. The lowest BCUT2D eigenvalue weighted by atomic mass is 9.95. The molecule has 7 nitrogen and oxygen atoms in total. The summed E-state index contributed by atoms with van der Waals surface area (Å²) in [4.78, 5) is 33.4. The van der Waals surface area contributed by atoms with Gasteiger partial charge in [-0.2, -0.15) is 5.10 Å². The number of aryl methyl sites for hydroxylation is 3. The number of carbonyl (C=O) groups is 2. The van der Waals surface area contributed by atoms with Gasteiger partial charge < -0.3 is 10.2 Å². The van der Waals surface area contributed by atoms with E-state index < -0.39 is 0 Å². The van der Waals surface area contributed by atoms with Crippen LogP contribution >= 0.6 is 11.3 Å². The zero-order chi connectivity index (χ0) is 30.5. The molecule has 6 rings (SSSR count). The number of thiophene rings is 1. The van der Waals surface area contributed by atoms with Gasteiger partial charge in [-0.25, -0.2) is 5.43 Å². The monoisotopic (exact) mass is 611 g/mol. The molecule has 0 radical (unpaired) electrons. The Hall–Kier alpha value is -3.33. The SMILES string of the molecule is Cc1ccc(C=NNC(=O)c2c(NC(=O)c3cccc(CN4CCC(N5CCCCC5)CC4)c3)sc3c2CCCC3)cc1C. The fourth-order valence-corrected chi connectivity index (χ4v) is 8.21. The van der Waals surface area contributed by atoms with Crippen LogP contribution in [0.15, 0.2) is 47.6 Å². The number of nitrogens with zero attached hydrogens (tertiary/aromatic N) is 3. The van der Waals surface area contributed by atoms with E-state index in [9.17, 15) is 9.59 Å². The van der Waals surface area contributed by atoms with E-state index in [-0.39, 0.29) is 11.8 Å². The van der Waals surface area contributed by atoms with Crippen LogP contribution in [0.2, 0.25) is 0 Å². The first kappa shape index (κ1) is 30.7. The Bertz CT molecular complexity index is 1510. The summed E-state index contributed by atoms with van der Waals surface area (Å²) >= 11 is 1.53. The third kappa shape index (κ3) is 7.31. The lowest BCUT2D eigenvalue weighted by Crippen LogP contribution is -2.46. The first-order valence-corrected chi connectivity index (χ1v) is 17.2. The second kappa shape index (κ2) is 14.2. The maximum Gasteiger partial charge on any atom is 0.274 e. The number of anilines is 1. The predicted octanol–water partition coefficient (Wildman–Crippen LogP) is 6.71. The van der Waals surface area contributed by atoms with Crippen LogP contribution in [0, 0.1) is 13.8 Å². The highest BCUT2D eigenvalue weighted by Gasteiger charge is 2.28. The Morgan fingerprint density at radius 2 is 1.70 bits per heavy atom. The summed E-state index contributed by atoms with van der Waals surface area (Å²) in [5.74, 6) is -0.455. The number of amides is 2. The van der Waals surface area contributed by atoms with E-state index in [1.54, 1.807) is 6.21 Å². The fourth-order valence-electron chi connectivity index (χ4n) is 6.93. The molecule has 0 bridgehead atoms. The van der Waals surface area contributed by atoms with Crippen molar-refractivity contribution in [1.29, 1.82) is 0 Å². The van der Waals surface area contributed by atoms with E-state index in [0.29, 0.717) is 16.1 Å². The Morgan fingerprint density at radius 1 is 0.909 bits per heavy atom. The number of benzene rings is 2. The summed E-state index contributed by atoms with van der Waals surface area (Å²) in [6.07, 6.45) is 12.1. The number of piperidine rings is 2. The van der Waals surface area contributed by atoms with Gasteiger partial charge in [0.15, 0.2) is 0 Å². The van der Waals surface area contributed by atoms with Crippen molar-refractivity contribution in [3.63, 3.8) is 0 Å². The molecule has 2 amide bonds. The van der Waals surface area contributed by atoms with Gasteiger partial charge in [0.1, 0.15) is 5.00 Å². The molecule has 1 aromatic heterocycles. The molecule has 2 aromatic carbocycles. The van der Waals surface area contributed by atoms with Gasteiger partial charge >= 0.3 is 0 Å². The summed E-state index contributed by atoms with van der Waals surface area (Å²) in [5, 5.41) is 7.98. The average molecular weight is 612 g/mol. The minimum Gasteiger partial charge on any atom is -0.313 e. The highest BCUT2D eigenvalue weighted by Crippen LogP contribution is 2.38. The van der Waals surface area contributed by atoms with Crippen molar-refractivity contribution < 1.29 is 9.59 Å². The molecule has 3 aromatic rings. The van der Waals surface area contributed by atoms with Crippen LogP contribution in [0.1, 0.15) is 98.4 Å². The van der Waals surface area contributed by atoms with Gasteiger partial charge in [0, 0.05) is 23.0 Å². The van der Waals surface area contributed by atoms with Crippen molar-refractivity contribution in [3.8, 4) is 0 Å². The van der Waals surface area contributed by atoms with E-state index in [1.807, 2.05) is 24.3 Å². The topological polar surface area (TPSA) is 77.0 Å². The van der Waals surface area contributed by atoms with Crippen LogP contribution in [0.4, 0.5) is 5.00 Å². The van der Waals surface area contributed by atoms with E-state index in [1.165, 1.54) is 72.5 Å². The molecule has 2 saturated heterocycles. The van der Waals surface area contributed by atoms with Gasteiger partial charge in [0.05, 0.1) is 11.8 Å². The molecule has 3 heterocycles. The largest absolute Gasteiger partial charge is 0.313 e. The van der Waals surface area contributed by atoms with Crippen LogP contribution < -0.4 is 10.7 Å². The number of rotatable bonds is 8. The number of likely N-dealkylation sites (tertiary alicyclic amines) is 2. The zero-order valence-electron chi connectivity index (χ0n) is 26.2. The summed E-state index contributed by atoms with van der Waals surface area (Å²) in [6.45, 7) is 9.71. The number of nitrogens with one attached hydrogen (secondary N) is 2. The molecular weight excluding hydrogens is 566 g/mol. The molecule has 232 valence electrons. The van der Waals surface area contributed by atoms with Gasteiger partial charge in [-0.3, -0.25) is 14.5 Å². The Morgan fingerprint density at radius 3 is 2.50 bits per heavy atom. The van der Waals surface area contributed by atoms with Gasteiger partial charge in [-0.15, -0.1) is 11.3 Å². The second-order valence-electron chi connectivity index (χ2n) is 12.7. The molecule has 0 unspecified atom stereocenters. The average Bonchev–Trinajstić information content (AvgIpc) is 3.41. The molecule has 3 aliphatic rings. The Kier molecular flexibility index (Phi) is 9.89. The van der Waals surface area contributed by atoms with Crippen LogP contribution in [0.25, 0.3) is 0 Å². The van der Waals surface area contributed by atoms with Crippen molar-refractivity contribution in [2.75, 3.05) is 31.5 Å². The zero-order valence-corrected chi connectivity index (χ0v) is 27.0. The van der Waals surface area contributed by atoms with Crippen molar-refractivity contribution in [1.82, 2.24) is 15.2 Å². The van der Waals surface area contributed by atoms with Crippen LogP contribution in [-0.2, 0) is 19.4 Å². The maximum absolute atomic E-state index is 13.5. The summed E-state index contributed by atoms with van der Waals surface area (Å²) < 4.78 is 0. The van der Waals surface area contributed by atoms with E-state index in [2.05, 4.69) is 57.7 Å². The lowest BCUT2D eigenvalue weighted by Gasteiger charge is -2.40. The van der Waals surface area contributed by atoms with E-state index in [0.717, 1.165) is 68.0 Å². The number of hydrogen-bond donors (Lipinski definition) is 2. The number of fused-ring (bicyclic) bond motifs is 1. The van der Waals surface area contributed by atoms with Crippen LogP contribution in [-0.4, -0.2) is 60.0 Å². The number of carbonyl (C=O) groups excluding carboxylic acids is 2. The Balaban J connectivity index is 1.11. The predicted molar refractivity (Wildman–Crippen MR) is 180 cm³/mol. The van der Waals surface area contributed by atoms with Gasteiger partial charge in [0.2, 0.25) is 0 Å². The molecule has 2 aliphatic heterocycles. The van der Waals surface area contributed by atoms with Crippen LogP contribution in [0.5, 0.6) is 0 Å². The van der Waals surface area contributed by atoms with Gasteiger partial charge in [0.25, 0.3) is 11.8 Å². The normalized spacial score (nSPS) is 18.3. The molecule has 2 fully saturated rings. The highest BCUT2D eigenvalue weighted by atomic mass is 32.1. The summed E-state index contributed by atoms with van der Waals surface area (Å²) in [7, 11) is 0. The Labute approximate surface area is 265 Å². The molecule has 8 heteroatoms. The fraction of sp³-hybridized carbons (Fsp3) is 0.472.